The van der Waals surface area contributed by atoms with Crippen LogP contribution in [0, 0.1) is 0 Å². The molecule has 0 aromatic rings. The van der Waals surface area contributed by atoms with E-state index in [0.29, 0.717) is 0 Å². The van der Waals surface area contributed by atoms with Crippen LogP contribution in [0.1, 0.15) is 1.43 Å². The molecule has 82 valence electrons. The quantitative estimate of drug-likeness (QED) is 0.303. The summed E-state index contributed by atoms with van der Waals surface area (Å²) in [5, 5.41) is 0. The molecular formula is CH2BF7O3S. The van der Waals surface area contributed by atoms with E-state index in [4.69, 9.17) is 13.0 Å². The number of halogens is 7. The summed E-state index contributed by atoms with van der Waals surface area (Å²) >= 11 is 0. The molecule has 0 saturated heterocycles. The van der Waals surface area contributed by atoms with E-state index < -0.39 is 22.9 Å². The average molecular weight is 238 g/mol. The van der Waals surface area contributed by atoms with Crippen LogP contribution in [0.3, 0.4) is 0 Å². The summed E-state index contributed by atoms with van der Waals surface area (Å²) in [6.07, 6.45) is 0. The minimum absolute atomic E-state index is 0. The third kappa shape index (κ3) is 14.4. The van der Waals surface area contributed by atoms with Crippen molar-refractivity contribution in [2.45, 2.75) is 5.51 Å². The van der Waals surface area contributed by atoms with Gasteiger partial charge in [-0.25, -0.2) is 0 Å². The van der Waals surface area contributed by atoms with E-state index in [-0.39, 0.29) is 1.43 Å². The van der Waals surface area contributed by atoms with Gasteiger partial charge in [-0.15, -0.1) is 0 Å². The minimum Gasteiger partial charge on any atom is -0.418 e. The van der Waals surface area contributed by atoms with Gasteiger partial charge in [-0.1, -0.05) is 0 Å². The van der Waals surface area contributed by atoms with E-state index in [9.17, 15) is 30.4 Å². The van der Waals surface area contributed by atoms with Crippen LogP contribution in [0.5, 0.6) is 0 Å². The fraction of sp³-hybridized carbons (Fsp3) is 1.00. The maximum absolute atomic E-state index is 10.7. The minimum atomic E-state index is -6.00. The molecule has 0 saturated carbocycles. The number of hydrogen-bond donors (Lipinski definition) is 1. The highest BCUT2D eigenvalue weighted by Crippen LogP contribution is 2.20. The van der Waals surface area contributed by atoms with E-state index in [1.807, 2.05) is 0 Å². The zero-order valence-electron chi connectivity index (χ0n) is 6.40. The van der Waals surface area contributed by atoms with Crippen molar-refractivity contribution in [3.05, 3.63) is 0 Å². The molecule has 0 fully saturated rings. The molecule has 0 heterocycles. The third-order valence-corrected chi connectivity index (χ3v) is 0.877. The van der Waals surface area contributed by atoms with Gasteiger partial charge in [-0.3, -0.25) is 4.55 Å². The van der Waals surface area contributed by atoms with Crippen molar-refractivity contribution in [2.24, 2.45) is 0 Å². The van der Waals surface area contributed by atoms with Gasteiger partial charge < -0.3 is 17.3 Å². The van der Waals surface area contributed by atoms with Crippen LogP contribution in [-0.4, -0.2) is 25.7 Å². The molecule has 0 bridgehead atoms. The summed E-state index contributed by atoms with van der Waals surface area (Å²) in [7, 11) is -11.8. The summed E-state index contributed by atoms with van der Waals surface area (Å²) in [5.74, 6) is 0. The Bertz CT molecular complexity index is 235. The van der Waals surface area contributed by atoms with Gasteiger partial charge in [-0.2, -0.15) is 21.6 Å². The molecule has 13 heavy (non-hydrogen) atoms. The number of rotatable bonds is 0. The molecule has 0 unspecified atom stereocenters. The number of hydrogen-bond acceptors (Lipinski definition) is 2. The first kappa shape index (κ1) is 15.0. The molecule has 0 amide bonds. The Labute approximate surface area is 68.9 Å². The van der Waals surface area contributed by atoms with Crippen molar-refractivity contribution >= 4 is 17.4 Å². The summed E-state index contributed by atoms with van der Waals surface area (Å²) in [6, 6.07) is 0. The van der Waals surface area contributed by atoms with Crippen LogP contribution in [-0.2, 0) is 10.1 Å². The first-order valence-electron chi connectivity index (χ1n) is 2.16. The third-order valence-electron chi connectivity index (χ3n) is 0.292. The second kappa shape index (κ2) is 4.13. The first-order chi connectivity index (χ1) is 5.25. The van der Waals surface area contributed by atoms with Crippen molar-refractivity contribution in [1.82, 2.24) is 0 Å². The Kier molecular flexibility index (Phi) is 4.76. The lowest BCUT2D eigenvalue weighted by molar-refractivity contribution is -0.0510. The molecule has 1 N–H and O–H groups in total. The molecule has 0 rings (SSSR count). The van der Waals surface area contributed by atoms with Crippen molar-refractivity contribution in [3.63, 3.8) is 0 Å². The molecule has 0 aliphatic rings. The molecule has 0 spiro atoms. The molecule has 0 aliphatic carbocycles. The summed E-state index contributed by atoms with van der Waals surface area (Å²) < 4.78 is 96.5. The molecule has 3 nitrogen and oxygen atoms in total. The van der Waals surface area contributed by atoms with Crippen LogP contribution >= 0.6 is 0 Å². The van der Waals surface area contributed by atoms with Gasteiger partial charge in [0.2, 0.25) is 0 Å². The van der Waals surface area contributed by atoms with Crippen molar-refractivity contribution in [2.75, 3.05) is 0 Å². The maximum Gasteiger partial charge on any atom is 1.00 e. The van der Waals surface area contributed by atoms with Gasteiger partial charge in [-0.05, 0) is 0 Å². The standard InChI is InChI=1S/CHF3O3S.BF4/c2-1(3,4)8(5,6)7;2-1(3,4)5/h(H,5,6,7);/q;-1/p+1. The largest absolute Gasteiger partial charge is 1.00 e. The molecule has 12 heteroatoms. The van der Waals surface area contributed by atoms with Crippen LogP contribution in [0.4, 0.5) is 30.4 Å². The van der Waals surface area contributed by atoms with Gasteiger partial charge in [0, 0.05) is 0 Å². The van der Waals surface area contributed by atoms with Crippen LogP contribution < -0.4 is 0 Å². The maximum atomic E-state index is 10.7. The molecule has 0 aromatic carbocycles. The van der Waals surface area contributed by atoms with Crippen molar-refractivity contribution in [1.29, 1.82) is 0 Å². The lowest BCUT2D eigenvalue weighted by Crippen LogP contribution is -2.21. The Hall–Kier alpha value is -0.515. The summed E-state index contributed by atoms with van der Waals surface area (Å²) in [5.41, 5.74) is -5.53. The highest BCUT2D eigenvalue weighted by Gasteiger charge is 2.44. The van der Waals surface area contributed by atoms with E-state index in [1.54, 1.807) is 0 Å². The van der Waals surface area contributed by atoms with Crippen LogP contribution in [0.2, 0.25) is 0 Å². The molecule has 0 atom stereocenters. The predicted molar refractivity (Wildman–Crippen MR) is 28.9 cm³/mol. The van der Waals surface area contributed by atoms with Gasteiger partial charge >= 0.3 is 24.3 Å². The van der Waals surface area contributed by atoms with Crippen LogP contribution in [0.25, 0.3) is 0 Å². The molecule has 0 aliphatic heterocycles. The topological polar surface area (TPSA) is 54.4 Å². The highest BCUT2D eigenvalue weighted by molar-refractivity contribution is 7.86. The zero-order chi connectivity index (χ0) is 11.5. The van der Waals surface area contributed by atoms with Gasteiger partial charge in [0.15, 0.2) is 0 Å². The van der Waals surface area contributed by atoms with Crippen LogP contribution in [0.15, 0.2) is 0 Å². The van der Waals surface area contributed by atoms with E-state index >= 15 is 0 Å². The summed E-state index contributed by atoms with van der Waals surface area (Å²) in [4.78, 5) is 0. The Balaban J connectivity index is -0.000000177. The lowest BCUT2D eigenvalue weighted by Gasteiger charge is -1.97. The number of alkyl halides is 3. The normalized spacial score (nSPS) is 13.2. The van der Waals surface area contributed by atoms with Gasteiger partial charge in [0.05, 0.1) is 0 Å². The monoisotopic (exact) mass is 238 g/mol. The van der Waals surface area contributed by atoms with E-state index in [2.05, 4.69) is 0 Å². The fourth-order valence-corrected chi connectivity index (χ4v) is 0. The van der Waals surface area contributed by atoms with Gasteiger partial charge in [0.1, 0.15) is 0 Å². The zero-order valence-corrected chi connectivity index (χ0v) is 6.21. The van der Waals surface area contributed by atoms with E-state index in [1.165, 1.54) is 0 Å². The second-order valence-corrected chi connectivity index (χ2v) is 2.83. The second-order valence-electron chi connectivity index (χ2n) is 1.42. The Morgan fingerprint density at radius 1 is 1.08 bits per heavy atom. The van der Waals surface area contributed by atoms with Gasteiger partial charge in [0.25, 0.3) is 0 Å². The summed E-state index contributed by atoms with van der Waals surface area (Å²) in [6.45, 7) is 0. The SMILES string of the molecule is F[B-](F)(F)F.O=S(=O)(O)C(F)(F)F.[H+]. The van der Waals surface area contributed by atoms with Crippen molar-refractivity contribution < 1.29 is 44.8 Å². The smallest absolute Gasteiger partial charge is 0.418 e. The van der Waals surface area contributed by atoms with Crippen molar-refractivity contribution in [3.8, 4) is 0 Å². The Morgan fingerprint density at radius 2 is 1.15 bits per heavy atom. The highest BCUT2D eigenvalue weighted by atomic mass is 32.2. The fourth-order valence-electron chi connectivity index (χ4n) is 0. The predicted octanol–water partition coefficient (Wildman–Crippen LogP) is 1.81. The lowest BCUT2D eigenvalue weighted by atomic mass is 10.3. The van der Waals surface area contributed by atoms with E-state index in [0.717, 1.165) is 0 Å². The molecular weight excluding hydrogens is 236 g/mol. The Morgan fingerprint density at radius 3 is 1.15 bits per heavy atom. The average Bonchev–Trinajstić information content (AvgIpc) is 1.50. The first-order valence-corrected chi connectivity index (χ1v) is 3.60. The molecule has 0 radical (unpaired) electrons. The molecule has 0 aromatic heterocycles.